The molecule has 0 N–H and O–H groups in total. The molecule has 0 saturated carbocycles. The van der Waals surface area contributed by atoms with Gasteiger partial charge in [0.25, 0.3) is 0 Å². The Labute approximate surface area is 73.5 Å². The minimum Gasteiger partial charge on any atom is -0.373 e. The van der Waals surface area contributed by atoms with Crippen LogP contribution in [0.25, 0.3) is 0 Å². The van der Waals surface area contributed by atoms with E-state index >= 15 is 0 Å². The molecule has 1 fully saturated rings. The first-order chi connectivity index (χ1) is 5.14. The van der Waals surface area contributed by atoms with Gasteiger partial charge in [0.1, 0.15) is 0 Å². The highest BCUT2D eigenvalue weighted by atomic mass is 35.5. The van der Waals surface area contributed by atoms with Crippen LogP contribution in [0.3, 0.4) is 0 Å². The number of morpholine rings is 1. The number of rotatable bonds is 2. The summed E-state index contributed by atoms with van der Waals surface area (Å²) in [5.74, 6) is 0.718. The van der Waals surface area contributed by atoms with Gasteiger partial charge in [-0.25, -0.2) is 0 Å². The molecule has 0 aromatic heterocycles. The number of alkyl halides is 1. The van der Waals surface area contributed by atoms with E-state index in [1.807, 2.05) is 0 Å². The molecule has 1 rings (SSSR count). The third kappa shape index (κ3) is 2.97. The number of ether oxygens (including phenoxy) is 1. The average Bonchev–Trinajstić information content (AvgIpc) is 1.85. The number of hydrogen-bond donors (Lipinski definition) is 0. The second kappa shape index (κ2) is 3.74. The molecule has 0 aromatic rings. The zero-order valence-electron chi connectivity index (χ0n) is 7.27. The van der Waals surface area contributed by atoms with Crippen LogP contribution in [-0.4, -0.2) is 42.6 Å². The van der Waals surface area contributed by atoms with Crippen LogP contribution in [0.2, 0.25) is 0 Å². The van der Waals surface area contributed by atoms with Gasteiger partial charge in [0.05, 0.1) is 12.2 Å². The molecular formula is C8H16ClNO. The Bertz CT molecular complexity index is 125. The van der Waals surface area contributed by atoms with Crippen LogP contribution in [0.5, 0.6) is 0 Å². The zero-order valence-corrected chi connectivity index (χ0v) is 8.02. The SMILES string of the molecule is CC1(C)CN(CCCl)CCO1. The monoisotopic (exact) mass is 177 g/mol. The summed E-state index contributed by atoms with van der Waals surface area (Å²) in [6, 6.07) is 0. The lowest BCUT2D eigenvalue weighted by Gasteiger charge is -2.37. The number of hydrogen-bond acceptors (Lipinski definition) is 2. The topological polar surface area (TPSA) is 12.5 Å². The number of nitrogens with zero attached hydrogens (tertiary/aromatic N) is 1. The minimum absolute atomic E-state index is 0.0182. The van der Waals surface area contributed by atoms with Crippen molar-refractivity contribution >= 4 is 11.6 Å². The van der Waals surface area contributed by atoms with Crippen LogP contribution in [0.1, 0.15) is 13.8 Å². The summed E-state index contributed by atoms with van der Waals surface area (Å²) in [4.78, 5) is 2.34. The lowest BCUT2D eigenvalue weighted by molar-refractivity contribution is -0.0843. The fraction of sp³-hybridized carbons (Fsp3) is 1.00. The van der Waals surface area contributed by atoms with Crippen molar-refractivity contribution in [2.45, 2.75) is 19.4 Å². The summed E-state index contributed by atoms with van der Waals surface area (Å²) in [6.07, 6.45) is 0. The largest absolute Gasteiger partial charge is 0.373 e. The van der Waals surface area contributed by atoms with Crippen LogP contribution in [0.4, 0.5) is 0 Å². The third-order valence-corrected chi connectivity index (χ3v) is 2.07. The van der Waals surface area contributed by atoms with Crippen molar-refractivity contribution < 1.29 is 4.74 Å². The van der Waals surface area contributed by atoms with E-state index in [2.05, 4.69) is 18.7 Å². The smallest absolute Gasteiger partial charge is 0.0753 e. The second-order valence-electron chi connectivity index (χ2n) is 3.57. The molecule has 0 aromatic carbocycles. The molecule has 0 atom stereocenters. The van der Waals surface area contributed by atoms with E-state index in [9.17, 15) is 0 Å². The molecule has 1 heterocycles. The normalized spacial score (nSPS) is 25.4. The Hall–Kier alpha value is 0.210. The molecule has 3 heteroatoms. The maximum Gasteiger partial charge on any atom is 0.0753 e. The molecule has 0 unspecified atom stereocenters. The molecule has 1 aliphatic heterocycles. The fourth-order valence-corrected chi connectivity index (χ4v) is 1.66. The van der Waals surface area contributed by atoms with Gasteiger partial charge < -0.3 is 4.74 Å². The second-order valence-corrected chi connectivity index (χ2v) is 3.95. The van der Waals surface area contributed by atoms with E-state index in [1.54, 1.807) is 0 Å². The van der Waals surface area contributed by atoms with E-state index in [0.717, 1.165) is 32.1 Å². The lowest BCUT2D eigenvalue weighted by atomic mass is 10.1. The quantitative estimate of drug-likeness (QED) is 0.591. The molecule has 66 valence electrons. The van der Waals surface area contributed by atoms with Crippen molar-refractivity contribution in [3.8, 4) is 0 Å². The van der Waals surface area contributed by atoms with Gasteiger partial charge in [-0.2, -0.15) is 0 Å². The van der Waals surface area contributed by atoms with Crippen LogP contribution in [-0.2, 0) is 4.74 Å². The van der Waals surface area contributed by atoms with Crippen LogP contribution >= 0.6 is 11.6 Å². The predicted molar refractivity (Wildman–Crippen MR) is 47.2 cm³/mol. The molecule has 1 saturated heterocycles. The Morgan fingerprint density at radius 1 is 1.55 bits per heavy atom. The van der Waals surface area contributed by atoms with Gasteiger partial charge in [-0.15, -0.1) is 11.6 Å². The Morgan fingerprint density at radius 3 is 2.82 bits per heavy atom. The van der Waals surface area contributed by atoms with E-state index in [0.29, 0.717) is 0 Å². The third-order valence-electron chi connectivity index (χ3n) is 1.91. The average molecular weight is 178 g/mol. The predicted octanol–water partition coefficient (Wildman–Crippen LogP) is 1.34. The maximum atomic E-state index is 5.65. The Kier molecular flexibility index (Phi) is 3.16. The van der Waals surface area contributed by atoms with E-state index in [4.69, 9.17) is 16.3 Å². The summed E-state index contributed by atoms with van der Waals surface area (Å²) in [6.45, 7) is 8.08. The van der Waals surface area contributed by atoms with Gasteiger partial charge in [0, 0.05) is 25.5 Å². The standard InChI is InChI=1S/C8H16ClNO/c1-8(2)7-10(4-3-9)5-6-11-8/h3-7H2,1-2H3. The first kappa shape index (κ1) is 9.30. The summed E-state index contributed by atoms with van der Waals surface area (Å²) in [7, 11) is 0. The highest BCUT2D eigenvalue weighted by Crippen LogP contribution is 2.15. The molecule has 0 radical (unpaired) electrons. The highest BCUT2D eigenvalue weighted by molar-refractivity contribution is 6.18. The van der Waals surface area contributed by atoms with E-state index < -0.39 is 0 Å². The minimum atomic E-state index is 0.0182. The van der Waals surface area contributed by atoms with Crippen molar-refractivity contribution in [1.82, 2.24) is 4.90 Å². The van der Waals surface area contributed by atoms with Gasteiger partial charge in [-0.3, -0.25) is 4.90 Å². The van der Waals surface area contributed by atoms with Gasteiger partial charge >= 0.3 is 0 Å². The van der Waals surface area contributed by atoms with Gasteiger partial charge in [-0.1, -0.05) is 0 Å². The molecule has 0 spiro atoms. The Morgan fingerprint density at radius 2 is 2.27 bits per heavy atom. The van der Waals surface area contributed by atoms with E-state index in [1.165, 1.54) is 0 Å². The molecule has 1 aliphatic rings. The molecule has 11 heavy (non-hydrogen) atoms. The summed E-state index contributed by atoms with van der Waals surface area (Å²) >= 11 is 5.65. The molecule has 0 amide bonds. The van der Waals surface area contributed by atoms with Gasteiger partial charge in [0.2, 0.25) is 0 Å². The molecule has 0 aliphatic carbocycles. The fourth-order valence-electron chi connectivity index (χ4n) is 1.42. The van der Waals surface area contributed by atoms with Gasteiger partial charge in [0.15, 0.2) is 0 Å². The van der Waals surface area contributed by atoms with Crippen molar-refractivity contribution in [2.75, 3.05) is 32.1 Å². The number of halogens is 1. The highest BCUT2D eigenvalue weighted by Gasteiger charge is 2.26. The lowest BCUT2D eigenvalue weighted by Crippen LogP contribution is -2.48. The van der Waals surface area contributed by atoms with Crippen molar-refractivity contribution in [2.24, 2.45) is 0 Å². The van der Waals surface area contributed by atoms with Crippen LogP contribution in [0.15, 0.2) is 0 Å². The van der Waals surface area contributed by atoms with Crippen molar-refractivity contribution in [3.05, 3.63) is 0 Å². The molecule has 2 nitrogen and oxygen atoms in total. The first-order valence-corrected chi connectivity index (χ1v) is 4.60. The first-order valence-electron chi connectivity index (χ1n) is 4.06. The van der Waals surface area contributed by atoms with Crippen LogP contribution in [0, 0.1) is 0 Å². The Balaban J connectivity index is 2.34. The molecule has 0 bridgehead atoms. The summed E-state index contributed by atoms with van der Waals surface area (Å²) < 4.78 is 5.56. The maximum absolute atomic E-state index is 5.65. The van der Waals surface area contributed by atoms with Crippen LogP contribution < -0.4 is 0 Å². The van der Waals surface area contributed by atoms with Crippen molar-refractivity contribution in [3.63, 3.8) is 0 Å². The molecular weight excluding hydrogens is 162 g/mol. The van der Waals surface area contributed by atoms with Crippen molar-refractivity contribution in [1.29, 1.82) is 0 Å². The zero-order chi connectivity index (χ0) is 8.32. The van der Waals surface area contributed by atoms with Gasteiger partial charge in [-0.05, 0) is 13.8 Å². The summed E-state index contributed by atoms with van der Waals surface area (Å²) in [5.41, 5.74) is 0.0182. The van der Waals surface area contributed by atoms with E-state index in [-0.39, 0.29) is 5.60 Å². The summed E-state index contributed by atoms with van der Waals surface area (Å²) in [5, 5.41) is 0.